The Morgan fingerprint density at radius 1 is 0.467 bits per heavy atom. The van der Waals surface area contributed by atoms with Crippen LogP contribution < -0.4 is 33.2 Å². The molecule has 0 unspecified atom stereocenters. The summed E-state index contributed by atoms with van der Waals surface area (Å²) in [5.74, 6) is -0.302. The van der Waals surface area contributed by atoms with Crippen LogP contribution in [0.2, 0.25) is 0 Å². The van der Waals surface area contributed by atoms with Crippen molar-refractivity contribution >= 4 is 73.0 Å². The van der Waals surface area contributed by atoms with E-state index in [1.807, 2.05) is 0 Å². The van der Waals surface area contributed by atoms with E-state index in [0.717, 1.165) is 0 Å². The normalized spacial score (nSPS) is 7.40. The van der Waals surface area contributed by atoms with E-state index in [9.17, 15) is 0 Å². The molecule has 0 amide bonds. The van der Waals surface area contributed by atoms with E-state index in [1.54, 1.807) is 42.3 Å². The van der Waals surface area contributed by atoms with E-state index >= 15 is 0 Å². The molecule has 0 rings (SSSR count). The van der Waals surface area contributed by atoms with Crippen LogP contribution in [0.1, 0.15) is 0 Å². The molecule has 0 atom stereocenters. The summed E-state index contributed by atoms with van der Waals surface area (Å²) in [4.78, 5) is 4.55. The summed E-state index contributed by atoms with van der Waals surface area (Å²) in [7, 11) is 10.2. The molecule has 180 valence electrons. The van der Waals surface area contributed by atoms with Crippen molar-refractivity contribution in [2.45, 2.75) is 0 Å². The number of halogens is 3. The largest absolute Gasteiger partial charge is 0.370 e. The predicted octanol–water partition coefficient (Wildman–Crippen LogP) is -1.84. The topological polar surface area (TPSA) is 267 Å². The Bertz CT molecular complexity index is 471. The summed E-state index contributed by atoms with van der Waals surface area (Å²) >= 11 is 0. The van der Waals surface area contributed by atoms with E-state index in [4.69, 9.17) is 49.7 Å². The van der Waals surface area contributed by atoms with Crippen molar-refractivity contribution < 1.29 is 0 Å². The van der Waals surface area contributed by atoms with E-state index in [1.165, 1.54) is 14.7 Å². The minimum absolute atomic E-state index is 0. The molecule has 18 heteroatoms. The maximum Gasteiger partial charge on any atom is 0.197 e. The summed E-state index contributed by atoms with van der Waals surface area (Å²) in [6, 6.07) is 0. The van der Waals surface area contributed by atoms with Crippen LogP contribution in [0.4, 0.5) is 0 Å². The standard InChI is InChI=1S/3C4H11N5.3ClH/c3*1-9(2)4(7)8-3(5)6;;;/h3*1-2H3,(H5,5,6,7,8);3*1H. The summed E-state index contributed by atoms with van der Waals surface area (Å²) in [6.07, 6.45) is 0. The van der Waals surface area contributed by atoms with Gasteiger partial charge >= 0.3 is 0 Å². The molecule has 0 heterocycles. The SMILES string of the molecule is CN(C)C(=N)NC(=N)N.CN(C)C(=N)NC(=N)N.CN(C)C(=N)NC(=N)N.Cl.Cl.Cl. The summed E-state index contributed by atoms with van der Waals surface area (Å²) in [5.41, 5.74) is 14.8. The highest BCUT2D eigenvalue weighted by Gasteiger charge is 1.97. The van der Waals surface area contributed by atoms with Crippen molar-refractivity contribution in [3.8, 4) is 0 Å². The van der Waals surface area contributed by atoms with Gasteiger partial charge in [0.2, 0.25) is 0 Å². The Morgan fingerprint density at radius 2 is 0.600 bits per heavy atom. The van der Waals surface area contributed by atoms with Crippen LogP contribution in [0.25, 0.3) is 0 Å². The zero-order valence-electron chi connectivity index (χ0n) is 17.8. The van der Waals surface area contributed by atoms with E-state index in [-0.39, 0.29) is 73.0 Å². The lowest BCUT2D eigenvalue weighted by Gasteiger charge is -2.13. The molecule has 30 heavy (non-hydrogen) atoms. The van der Waals surface area contributed by atoms with Crippen LogP contribution in [0, 0.1) is 32.5 Å². The Morgan fingerprint density at radius 3 is 0.633 bits per heavy atom. The predicted molar refractivity (Wildman–Crippen MR) is 131 cm³/mol. The number of nitrogens with two attached hydrogens (primary N) is 3. The first-order chi connectivity index (χ1) is 12.1. The molecule has 15 N–H and O–H groups in total. The maximum atomic E-state index is 7.07. The highest BCUT2D eigenvalue weighted by Crippen LogP contribution is 1.71. The van der Waals surface area contributed by atoms with Crippen molar-refractivity contribution in [2.75, 3.05) is 42.3 Å². The van der Waals surface area contributed by atoms with E-state index in [2.05, 4.69) is 16.0 Å². The second kappa shape index (κ2) is 22.4. The van der Waals surface area contributed by atoms with Gasteiger partial charge in [-0.1, -0.05) is 0 Å². The molecule has 15 nitrogen and oxygen atoms in total. The summed E-state index contributed by atoms with van der Waals surface area (Å²) in [5, 5.41) is 48.3. The number of nitrogens with one attached hydrogen (secondary N) is 9. The van der Waals surface area contributed by atoms with Gasteiger partial charge in [-0.25, -0.2) is 0 Å². The monoisotopic (exact) mass is 495 g/mol. The van der Waals surface area contributed by atoms with E-state index in [0.29, 0.717) is 0 Å². The lowest BCUT2D eigenvalue weighted by atomic mass is 10.8. The van der Waals surface area contributed by atoms with Crippen molar-refractivity contribution in [1.82, 2.24) is 30.7 Å². The molecule has 0 aliphatic carbocycles. The Hall–Kier alpha value is -2.91. The first-order valence-corrected chi connectivity index (χ1v) is 7.22. The second-order valence-corrected chi connectivity index (χ2v) is 5.35. The summed E-state index contributed by atoms with van der Waals surface area (Å²) < 4.78 is 0. The molecule has 0 bridgehead atoms. The third-order valence-corrected chi connectivity index (χ3v) is 2.10. The van der Waals surface area contributed by atoms with Gasteiger partial charge in [0.1, 0.15) is 0 Å². The first-order valence-electron chi connectivity index (χ1n) is 7.22. The van der Waals surface area contributed by atoms with Crippen LogP contribution in [-0.4, -0.2) is 92.7 Å². The van der Waals surface area contributed by atoms with Gasteiger partial charge in [0, 0.05) is 42.3 Å². The van der Waals surface area contributed by atoms with Gasteiger partial charge in [-0.2, -0.15) is 0 Å². The molecule has 0 aliphatic heterocycles. The molecular formula is C12H36Cl3N15. The number of hydrogen-bond acceptors (Lipinski definition) is 6. The third kappa shape index (κ3) is 32.7. The minimum atomic E-state index is -0.214. The van der Waals surface area contributed by atoms with Crippen LogP contribution in [0.5, 0.6) is 0 Å². The molecule has 0 radical (unpaired) electrons. The van der Waals surface area contributed by atoms with Gasteiger partial charge in [0.25, 0.3) is 0 Å². The fourth-order valence-electron chi connectivity index (χ4n) is 0.718. The van der Waals surface area contributed by atoms with Gasteiger partial charge in [-0.05, 0) is 0 Å². The second-order valence-electron chi connectivity index (χ2n) is 5.35. The van der Waals surface area contributed by atoms with Crippen LogP contribution in [0.3, 0.4) is 0 Å². The van der Waals surface area contributed by atoms with Crippen molar-refractivity contribution in [3.63, 3.8) is 0 Å². The van der Waals surface area contributed by atoms with Gasteiger partial charge < -0.3 is 31.9 Å². The summed E-state index contributed by atoms with van der Waals surface area (Å²) in [6.45, 7) is 0. The van der Waals surface area contributed by atoms with Crippen LogP contribution >= 0.6 is 37.2 Å². The van der Waals surface area contributed by atoms with Crippen LogP contribution in [0.15, 0.2) is 0 Å². The van der Waals surface area contributed by atoms with Gasteiger partial charge in [0.05, 0.1) is 0 Å². The molecule has 0 saturated heterocycles. The average Bonchev–Trinajstić information content (AvgIpc) is 2.46. The number of hydrogen-bond donors (Lipinski definition) is 12. The number of rotatable bonds is 0. The molecule has 0 aliphatic rings. The quantitative estimate of drug-likeness (QED) is 0.132. The Kier molecular flexibility index (Phi) is 30.9. The minimum Gasteiger partial charge on any atom is -0.370 e. The van der Waals surface area contributed by atoms with Crippen molar-refractivity contribution in [2.24, 2.45) is 17.2 Å². The average molecular weight is 497 g/mol. The zero-order chi connectivity index (χ0) is 22.3. The van der Waals surface area contributed by atoms with E-state index < -0.39 is 0 Å². The molecular weight excluding hydrogens is 461 g/mol. The number of guanidine groups is 6. The van der Waals surface area contributed by atoms with Gasteiger partial charge in [-0.15, -0.1) is 37.2 Å². The first kappa shape index (κ1) is 41.5. The third-order valence-electron chi connectivity index (χ3n) is 2.10. The van der Waals surface area contributed by atoms with Crippen molar-refractivity contribution in [1.29, 1.82) is 32.5 Å². The highest BCUT2D eigenvalue weighted by atomic mass is 35.5. The molecule has 0 aromatic rings. The smallest absolute Gasteiger partial charge is 0.197 e. The lowest BCUT2D eigenvalue weighted by Crippen LogP contribution is -2.42. The molecule has 0 aromatic heterocycles. The van der Waals surface area contributed by atoms with Gasteiger partial charge in [0.15, 0.2) is 35.8 Å². The van der Waals surface area contributed by atoms with Crippen LogP contribution in [-0.2, 0) is 0 Å². The molecule has 0 saturated carbocycles. The maximum absolute atomic E-state index is 7.07. The highest BCUT2D eigenvalue weighted by molar-refractivity contribution is 5.95. The Balaban J connectivity index is -0.0000000686. The fraction of sp³-hybridized carbons (Fsp3) is 0.500. The van der Waals surface area contributed by atoms with Gasteiger partial charge in [-0.3, -0.25) is 48.4 Å². The van der Waals surface area contributed by atoms with Crippen molar-refractivity contribution in [3.05, 3.63) is 0 Å². The lowest BCUT2D eigenvalue weighted by molar-refractivity contribution is 0.599. The molecule has 0 fully saturated rings. The zero-order valence-corrected chi connectivity index (χ0v) is 20.2. The fourth-order valence-corrected chi connectivity index (χ4v) is 0.718. The number of nitrogens with zero attached hydrogens (tertiary/aromatic N) is 3. The Labute approximate surface area is 195 Å². The molecule has 0 spiro atoms. The molecule has 0 aromatic carbocycles.